The monoisotopic (exact) mass is 816 g/mol. The van der Waals surface area contributed by atoms with Crippen molar-refractivity contribution in [3.8, 4) is 12.3 Å². The van der Waals surface area contributed by atoms with Gasteiger partial charge in [-0.2, -0.15) is 4.98 Å². The number of H-pyrrole nitrogens is 2. The van der Waals surface area contributed by atoms with E-state index in [2.05, 4.69) is 44.0 Å². The van der Waals surface area contributed by atoms with Gasteiger partial charge in [-0.05, 0) is 0 Å². The minimum absolute atomic E-state index is 0.0210. The number of nitrogen functional groups attached to an aromatic ring is 2. The SMILES string of the molecule is [B-]P(=O)(OP(=O)([O-])OCC1CN(CC#C)CC([n+]2cn(C)c3c(=O)[nH]c(N)nc32)O1)OP(=O)([O-])OC[C@H]1O[C@@H](n2cnc3c(=O)[nH]c(N)nc32)[C@H](O)[C@@H]1O. The number of nitrogens with zero attached hydrogens (tertiary/aromatic N) is 7. The fraction of sp³-hybridized carbons (Fsp3) is 0.500. The number of terminal acetylenes is 1. The topological polar surface area (TPSA) is 367 Å². The molecule has 0 aliphatic carbocycles. The number of phosphoric ester groups is 2. The maximum absolute atomic E-state index is 12.7. The highest BCUT2D eigenvalue weighted by atomic mass is 31.3. The number of anilines is 2. The van der Waals surface area contributed by atoms with Gasteiger partial charge in [-0.15, -0.1) is 6.42 Å². The fourth-order valence-corrected chi connectivity index (χ4v) is 9.45. The normalized spacial score (nSPS) is 27.1. The molecular weight excluding hydrogens is 786 g/mol. The van der Waals surface area contributed by atoms with E-state index in [1.165, 1.54) is 15.5 Å². The molecule has 8 N–H and O–H groups in total. The average Bonchev–Trinajstić information content (AvgIpc) is 3.71. The summed E-state index contributed by atoms with van der Waals surface area (Å²) in [5.74, 6) is 1.99. The van der Waals surface area contributed by atoms with Crippen LogP contribution in [0, 0.1) is 12.3 Å². The highest BCUT2D eigenvalue weighted by Crippen LogP contribution is 2.65. The summed E-state index contributed by atoms with van der Waals surface area (Å²) in [6, 6.07) is 0. The minimum Gasteiger partial charge on any atom is -0.756 e. The zero-order valence-electron chi connectivity index (χ0n) is 27.6. The first-order valence-corrected chi connectivity index (χ1v) is 19.8. The van der Waals surface area contributed by atoms with E-state index in [4.69, 9.17) is 39.5 Å². The van der Waals surface area contributed by atoms with Crippen molar-refractivity contribution in [2.45, 2.75) is 36.9 Å². The molecule has 0 amide bonds. The largest absolute Gasteiger partial charge is 0.756 e. The molecule has 2 saturated heterocycles. The second-order valence-electron chi connectivity index (χ2n) is 11.9. The molecule has 4 aromatic heterocycles. The van der Waals surface area contributed by atoms with Gasteiger partial charge in [0.05, 0.1) is 53.3 Å². The maximum Gasteiger partial charge on any atom is 0.313 e. The van der Waals surface area contributed by atoms with Gasteiger partial charge in [-0.25, -0.2) is 9.55 Å². The Bertz CT molecular complexity index is 2380. The summed E-state index contributed by atoms with van der Waals surface area (Å²) in [6.07, 6.45) is -0.572. The lowest BCUT2D eigenvalue weighted by Gasteiger charge is -2.39. The summed E-state index contributed by atoms with van der Waals surface area (Å²) in [6.45, 7) is -1.60. The zero-order valence-corrected chi connectivity index (χ0v) is 30.3. The number of ether oxygens (including phenoxy) is 2. The van der Waals surface area contributed by atoms with Crippen molar-refractivity contribution >= 4 is 64.9 Å². The number of hydrogen-bond donors (Lipinski definition) is 6. The lowest BCUT2D eigenvalue weighted by molar-refractivity contribution is -0.747. The third-order valence-electron chi connectivity index (χ3n) is 7.95. The maximum atomic E-state index is 12.7. The van der Waals surface area contributed by atoms with E-state index in [1.807, 2.05) is 0 Å². The van der Waals surface area contributed by atoms with Crippen molar-refractivity contribution in [2.24, 2.45) is 7.05 Å². The van der Waals surface area contributed by atoms with Gasteiger partial charge in [0.2, 0.25) is 11.5 Å². The standard InChI is InChI=1S/C24H31BN11O15P3/c1-3-4-34-5-11(48-13(6-34)36-10-33(2)15-19(36)30-24(27)32-21(15)40)7-46-53(42,43)50-52(25,41)51-54(44,45)47-8-12-16(37)17(38)22(49-12)35-9-28-14-18(35)29-23(26)31-20(14)39/h1,9-13,16-17,22,37-38H,4-8H2,2H3,(H7-,26,27,29,30,31,32,39,40,42,43,44,45)/q-1/p-1/t11?,12-,13?,16-,17-,22-,52?/m1/s1. The van der Waals surface area contributed by atoms with E-state index in [1.54, 1.807) is 11.9 Å². The van der Waals surface area contributed by atoms with Crippen LogP contribution >= 0.6 is 23.1 Å². The molecule has 0 saturated carbocycles. The van der Waals surface area contributed by atoms with Crippen LogP contribution in [0.5, 0.6) is 0 Å². The quantitative estimate of drug-likeness (QED) is 0.0321. The van der Waals surface area contributed by atoms with Crippen molar-refractivity contribution in [1.29, 1.82) is 0 Å². The Kier molecular flexibility index (Phi) is 11.1. The number of fused-ring (bicyclic) bond motifs is 2. The smallest absolute Gasteiger partial charge is 0.313 e. The van der Waals surface area contributed by atoms with Crippen LogP contribution in [0.4, 0.5) is 11.9 Å². The first kappa shape index (κ1) is 39.9. The number of aromatic amines is 2. The highest BCUT2D eigenvalue weighted by molar-refractivity contribution is 7.86. The van der Waals surface area contributed by atoms with Crippen LogP contribution in [-0.2, 0) is 47.9 Å². The molecule has 4 aromatic rings. The summed E-state index contributed by atoms with van der Waals surface area (Å²) < 4.78 is 71.2. The van der Waals surface area contributed by atoms with Gasteiger partial charge in [0.25, 0.3) is 32.7 Å². The lowest BCUT2D eigenvalue weighted by Crippen LogP contribution is -2.55. The number of rotatable bonds is 13. The molecule has 6 rings (SSSR count). The van der Waals surface area contributed by atoms with Crippen LogP contribution in [0.2, 0.25) is 0 Å². The Hall–Kier alpha value is -3.83. The molecule has 2 fully saturated rings. The van der Waals surface area contributed by atoms with Gasteiger partial charge in [-0.3, -0.25) is 51.3 Å². The molecule has 291 valence electrons. The first-order valence-electron chi connectivity index (χ1n) is 15.3. The van der Waals surface area contributed by atoms with Gasteiger partial charge in [-0.1, -0.05) is 10.9 Å². The number of aliphatic hydroxyl groups is 2. The van der Waals surface area contributed by atoms with Crippen molar-refractivity contribution < 1.29 is 65.4 Å². The molecular formula is C24H30BN11O15P3-2. The number of phosphoric acid groups is 2. The molecule has 3 radical (unpaired) electrons. The first-order chi connectivity index (χ1) is 25.3. The van der Waals surface area contributed by atoms with E-state index >= 15 is 0 Å². The lowest BCUT2D eigenvalue weighted by atomic mass is 10.1. The molecule has 9 atom stereocenters. The number of aliphatic hydroxyl groups excluding tert-OH is 2. The van der Waals surface area contributed by atoms with Crippen molar-refractivity contribution in [2.75, 3.05) is 44.3 Å². The number of imidazole rings is 2. The van der Waals surface area contributed by atoms with Crippen LogP contribution in [0.3, 0.4) is 0 Å². The van der Waals surface area contributed by atoms with Crippen LogP contribution in [-0.4, -0.2) is 114 Å². The molecule has 26 nitrogen and oxygen atoms in total. The Morgan fingerprint density at radius 3 is 2.39 bits per heavy atom. The highest BCUT2D eigenvalue weighted by Gasteiger charge is 2.45. The minimum atomic E-state index is -5.80. The molecule has 54 heavy (non-hydrogen) atoms. The molecule has 30 heteroatoms. The summed E-state index contributed by atoms with van der Waals surface area (Å²) >= 11 is 0. The van der Waals surface area contributed by atoms with Gasteiger partial charge in [0.1, 0.15) is 18.3 Å². The predicted octanol–water partition coefficient (Wildman–Crippen LogP) is -4.42. The number of morpholine rings is 1. The van der Waals surface area contributed by atoms with E-state index in [0.29, 0.717) is 0 Å². The molecule has 2 aliphatic rings. The molecule has 0 bridgehead atoms. The van der Waals surface area contributed by atoms with Crippen LogP contribution in [0.1, 0.15) is 12.5 Å². The molecule has 0 aromatic carbocycles. The Morgan fingerprint density at radius 1 is 1.06 bits per heavy atom. The molecule has 5 unspecified atom stereocenters. The van der Waals surface area contributed by atoms with Gasteiger partial charge in [0, 0.05) is 6.54 Å². The number of nitrogens with one attached hydrogen (secondary N) is 2. The Labute approximate surface area is 303 Å². The number of aryl methyl sites for hydroxylation is 1. The van der Waals surface area contributed by atoms with Crippen LogP contribution in [0.15, 0.2) is 22.2 Å². The van der Waals surface area contributed by atoms with E-state index in [9.17, 15) is 43.3 Å². The molecule has 2 aliphatic heterocycles. The third-order valence-corrected chi connectivity index (χ3v) is 12.3. The van der Waals surface area contributed by atoms with Gasteiger partial charge < -0.3 is 62.1 Å². The molecule has 0 spiro atoms. The predicted molar refractivity (Wildman–Crippen MR) is 176 cm³/mol. The number of aromatic nitrogens is 8. The summed E-state index contributed by atoms with van der Waals surface area (Å²) in [4.78, 5) is 68.0. The van der Waals surface area contributed by atoms with E-state index in [-0.39, 0.29) is 53.9 Å². The average molecular weight is 816 g/mol. The molecule has 6 heterocycles. The zero-order chi connectivity index (χ0) is 39.3. The Balaban J connectivity index is 1.06. The van der Waals surface area contributed by atoms with Crippen LogP contribution in [0.25, 0.3) is 22.3 Å². The van der Waals surface area contributed by atoms with Crippen molar-refractivity contribution in [3.63, 3.8) is 0 Å². The second-order valence-corrected chi connectivity index (χ2v) is 16.6. The van der Waals surface area contributed by atoms with Crippen molar-refractivity contribution in [3.05, 3.63) is 33.4 Å². The number of nitrogens with two attached hydrogens (primary N) is 2. The summed E-state index contributed by atoms with van der Waals surface area (Å²) in [7, 11) is -10.2. The van der Waals surface area contributed by atoms with E-state index in [0.717, 1.165) is 10.9 Å². The fourth-order valence-electron chi connectivity index (χ4n) is 5.78. The summed E-state index contributed by atoms with van der Waals surface area (Å²) in [5.41, 5.74) is 10.0. The van der Waals surface area contributed by atoms with Crippen molar-refractivity contribution in [1.82, 2.24) is 39.0 Å². The van der Waals surface area contributed by atoms with E-state index < -0.39 is 84.3 Å². The Morgan fingerprint density at radius 2 is 1.70 bits per heavy atom. The van der Waals surface area contributed by atoms with Crippen LogP contribution < -0.4 is 36.9 Å². The number of hydrogen-bond acceptors (Lipinski definition) is 21. The van der Waals surface area contributed by atoms with Gasteiger partial charge >= 0.3 is 5.65 Å². The van der Waals surface area contributed by atoms with Gasteiger partial charge in [0.15, 0.2) is 29.9 Å². The third kappa shape index (κ3) is 8.52. The second kappa shape index (κ2) is 15.0. The summed E-state index contributed by atoms with van der Waals surface area (Å²) in [5, 5.41) is 21.0.